The Hall–Kier alpha value is -1.73. The van der Waals surface area contributed by atoms with Gasteiger partial charge in [-0.2, -0.15) is 5.26 Å². The average molecular weight is 276 g/mol. The van der Waals surface area contributed by atoms with Crippen LogP contribution in [0.3, 0.4) is 0 Å². The van der Waals surface area contributed by atoms with Crippen LogP contribution in [0.25, 0.3) is 0 Å². The Morgan fingerprint density at radius 2 is 1.95 bits per heavy atom. The first-order chi connectivity index (χ1) is 9.64. The number of rotatable bonds is 8. The van der Waals surface area contributed by atoms with Gasteiger partial charge in [0.25, 0.3) is 0 Å². The van der Waals surface area contributed by atoms with E-state index in [2.05, 4.69) is 13.0 Å². The molecule has 1 aromatic rings. The van der Waals surface area contributed by atoms with Gasteiger partial charge in [0.05, 0.1) is 6.61 Å². The van der Waals surface area contributed by atoms with Crippen molar-refractivity contribution in [3.63, 3.8) is 0 Å². The minimum atomic E-state index is -0.446. The van der Waals surface area contributed by atoms with E-state index in [-0.39, 0.29) is 6.04 Å². The van der Waals surface area contributed by atoms with Crippen LogP contribution < -0.4 is 15.2 Å². The number of nitriles is 1. The van der Waals surface area contributed by atoms with E-state index in [9.17, 15) is 0 Å². The van der Waals surface area contributed by atoms with Crippen LogP contribution in [0.5, 0.6) is 11.5 Å². The van der Waals surface area contributed by atoms with Crippen molar-refractivity contribution < 1.29 is 9.47 Å². The molecule has 2 atom stereocenters. The Kier molecular flexibility index (Phi) is 6.89. The summed E-state index contributed by atoms with van der Waals surface area (Å²) >= 11 is 0. The maximum Gasteiger partial charge on any atom is 0.184 e. The van der Waals surface area contributed by atoms with Gasteiger partial charge < -0.3 is 15.2 Å². The van der Waals surface area contributed by atoms with Crippen molar-refractivity contribution in [3.8, 4) is 17.6 Å². The second-order valence-electron chi connectivity index (χ2n) is 4.73. The van der Waals surface area contributed by atoms with Crippen LogP contribution in [0.1, 0.15) is 39.2 Å². The highest BCUT2D eigenvalue weighted by molar-refractivity contribution is 5.43. The van der Waals surface area contributed by atoms with Gasteiger partial charge in [-0.3, -0.25) is 0 Å². The third-order valence-electron chi connectivity index (χ3n) is 3.11. The highest BCUT2D eigenvalue weighted by atomic mass is 16.5. The van der Waals surface area contributed by atoms with Gasteiger partial charge in [0.2, 0.25) is 0 Å². The van der Waals surface area contributed by atoms with Gasteiger partial charge in [0.1, 0.15) is 6.07 Å². The lowest BCUT2D eigenvalue weighted by molar-refractivity contribution is 0.231. The highest BCUT2D eigenvalue weighted by Gasteiger charge is 2.12. The number of hydrogen-bond donors (Lipinski definition) is 1. The van der Waals surface area contributed by atoms with E-state index in [1.807, 2.05) is 32.0 Å². The van der Waals surface area contributed by atoms with E-state index in [1.165, 1.54) is 0 Å². The molecule has 1 rings (SSSR count). The quantitative estimate of drug-likeness (QED) is 0.792. The van der Waals surface area contributed by atoms with Gasteiger partial charge >= 0.3 is 0 Å². The molecule has 0 aromatic heterocycles. The molecule has 0 saturated heterocycles. The first-order valence-electron chi connectivity index (χ1n) is 7.22. The Balaban J connectivity index is 2.92. The predicted octanol–water partition coefficient (Wildman–Crippen LogP) is 3.05. The third-order valence-corrected chi connectivity index (χ3v) is 3.11. The molecular formula is C16H24N2O2. The molecule has 0 heterocycles. The maximum atomic E-state index is 8.98. The molecule has 0 bridgehead atoms. The second-order valence-corrected chi connectivity index (χ2v) is 4.73. The van der Waals surface area contributed by atoms with Crippen LogP contribution in [-0.4, -0.2) is 18.8 Å². The minimum Gasteiger partial charge on any atom is -0.490 e. The molecule has 2 unspecified atom stereocenters. The summed E-state index contributed by atoms with van der Waals surface area (Å²) in [6, 6.07) is 8.08. The number of nitrogens with two attached hydrogens (primary N) is 1. The molecule has 2 N–H and O–H groups in total. The highest BCUT2D eigenvalue weighted by Crippen LogP contribution is 2.30. The first-order valence-corrected chi connectivity index (χ1v) is 7.22. The molecule has 0 aliphatic heterocycles. The smallest absolute Gasteiger partial charge is 0.184 e. The topological polar surface area (TPSA) is 68.3 Å². The first kappa shape index (κ1) is 16.3. The zero-order chi connectivity index (χ0) is 15.0. The van der Waals surface area contributed by atoms with Crippen molar-refractivity contribution in [2.45, 2.75) is 52.2 Å². The molecule has 0 spiro atoms. The summed E-state index contributed by atoms with van der Waals surface area (Å²) < 4.78 is 11.3. The van der Waals surface area contributed by atoms with E-state index >= 15 is 0 Å². The summed E-state index contributed by atoms with van der Waals surface area (Å²) in [6.45, 7) is 6.48. The molecule has 0 amide bonds. The van der Waals surface area contributed by atoms with E-state index in [4.69, 9.17) is 20.5 Å². The molecule has 0 aliphatic rings. The van der Waals surface area contributed by atoms with Crippen molar-refractivity contribution in [1.82, 2.24) is 0 Å². The molecule has 0 fully saturated rings. The Morgan fingerprint density at radius 1 is 1.20 bits per heavy atom. The molecule has 4 nitrogen and oxygen atoms in total. The van der Waals surface area contributed by atoms with Crippen LogP contribution in [0.15, 0.2) is 18.2 Å². The fraction of sp³-hybridized carbons (Fsp3) is 0.562. The summed E-state index contributed by atoms with van der Waals surface area (Å²) in [5.41, 5.74) is 7.10. The van der Waals surface area contributed by atoms with Crippen LogP contribution in [0.2, 0.25) is 0 Å². The van der Waals surface area contributed by atoms with Gasteiger partial charge in [0.15, 0.2) is 17.6 Å². The lowest BCUT2D eigenvalue weighted by Gasteiger charge is -2.16. The Bertz CT molecular complexity index is 454. The van der Waals surface area contributed by atoms with E-state index in [0.717, 1.165) is 18.4 Å². The maximum absolute atomic E-state index is 8.98. The normalized spacial score (nSPS) is 13.3. The summed E-state index contributed by atoms with van der Waals surface area (Å²) in [5.74, 6) is 1.30. The standard InChI is InChI=1S/C16H24N2O2/c1-4-13(18)9-12-7-8-15(16(10-12)19-6-3)20-14(5-2)11-17/h7-8,10,13-14H,4-6,9,18H2,1-3H3. The number of nitrogens with zero attached hydrogens (tertiary/aromatic N) is 1. The number of ether oxygens (including phenoxy) is 2. The van der Waals surface area contributed by atoms with E-state index < -0.39 is 6.10 Å². The van der Waals surface area contributed by atoms with Gasteiger partial charge in [-0.15, -0.1) is 0 Å². The van der Waals surface area contributed by atoms with Crippen LogP contribution >= 0.6 is 0 Å². The van der Waals surface area contributed by atoms with Crippen molar-refractivity contribution in [3.05, 3.63) is 23.8 Å². The number of benzene rings is 1. The van der Waals surface area contributed by atoms with E-state index in [0.29, 0.717) is 24.5 Å². The summed E-state index contributed by atoms with van der Waals surface area (Å²) in [4.78, 5) is 0. The van der Waals surface area contributed by atoms with Gasteiger partial charge in [-0.25, -0.2) is 0 Å². The van der Waals surface area contributed by atoms with Crippen molar-refractivity contribution in [2.75, 3.05) is 6.61 Å². The molecule has 110 valence electrons. The lowest BCUT2D eigenvalue weighted by Crippen LogP contribution is -2.21. The summed E-state index contributed by atoms with van der Waals surface area (Å²) in [6.07, 6.45) is 1.95. The molecule has 1 aromatic carbocycles. The largest absolute Gasteiger partial charge is 0.490 e. The van der Waals surface area contributed by atoms with Gasteiger partial charge in [-0.1, -0.05) is 19.9 Å². The average Bonchev–Trinajstić information content (AvgIpc) is 2.46. The van der Waals surface area contributed by atoms with Crippen LogP contribution in [0, 0.1) is 11.3 Å². The molecule has 0 aliphatic carbocycles. The minimum absolute atomic E-state index is 0.152. The number of hydrogen-bond acceptors (Lipinski definition) is 4. The van der Waals surface area contributed by atoms with Crippen LogP contribution in [0.4, 0.5) is 0 Å². The molecule has 0 saturated carbocycles. The van der Waals surface area contributed by atoms with Gasteiger partial charge in [-0.05, 0) is 43.9 Å². The Labute approximate surface area is 121 Å². The van der Waals surface area contributed by atoms with Crippen molar-refractivity contribution in [2.24, 2.45) is 5.73 Å². The van der Waals surface area contributed by atoms with Crippen molar-refractivity contribution in [1.29, 1.82) is 5.26 Å². The lowest BCUT2D eigenvalue weighted by atomic mass is 10.0. The summed E-state index contributed by atoms with van der Waals surface area (Å²) in [7, 11) is 0. The zero-order valence-electron chi connectivity index (χ0n) is 12.6. The molecule has 20 heavy (non-hydrogen) atoms. The fourth-order valence-electron chi connectivity index (χ4n) is 1.85. The third kappa shape index (κ3) is 4.75. The van der Waals surface area contributed by atoms with Crippen molar-refractivity contribution >= 4 is 0 Å². The molecular weight excluding hydrogens is 252 g/mol. The second kappa shape index (κ2) is 8.44. The fourth-order valence-corrected chi connectivity index (χ4v) is 1.85. The molecule has 4 heteroatoms. The summed E-state index contributed by atoms with van der Waals surface area (Å²) in [5, 5.41) is 8.98. The SMILES string of the molecule is CCOc1cc(CC(N)CC)ccc1OC(C#N)CC. The van der Waals surface area contributed by atoms with Crippen LogP contribution in [-0.2, 0) is 6.42 Å². The monoisotopic (exact) mass is 276 g/mol. The molecule has 0 radical (unpaired) electrons. The predicted molar refractivity (Wildman–Crippen MR) is 79.9 cm³/mol. The van der Waals surface area contributed by atoms with Gasteiger partial charge in [0, 0.05) is 6.04 Å². The van der Waals surface area contributed by atoms with E-state index in [1.54, 1.807) is 0 Å². The Morgan fingerprint density at radius 3 is 2.50 bits per heavy atom. The zero-order valence-corrected chi connectivity index (χ0v) is 12.6.